The van der Waals surface area contributed by atoms with Gasteiger partial charge in [-0.2, -0.15) is 0 Å². The molecule has 0 saturated heterocycles. The van der Waals surface area contributed by atoms with Gasteiger partial charge in [0.25, 0.3) is 0 Å². The predicted octanol–water partition coefficient (Wildman–Crippen LogP) is 2.28. The molecule has 0 fully saturated rings. The van der Waals surface area contributed by atoms with Crippen molar-refractivity contribution < 1.29 is 24.2 Å². The number of ether oxygens (including phenoxy) is 2. The maximum atomic E-state index is 11.9. The van der Waals surface area contributed by atoms with Crippen LogP contribution in [0.15, 0.2) is 24.3 Å². The van der Waals surface area contributed by atoms with E-state index in [-0.39, 0.29) is 11.5 Å². The Balaban J connectivity index is 2.77. The van der Waals surface area contributed by atoms with Gasteiger partial charge in [0, 0.05) is 0 Å². The zero-order chi connectivity index (χ0) is 14.3. The molecule has 1 N–H and O–H groups in total. The number of phenols is 1. The van der Waals surface area contributed by atoms with E-state index in [9.17, 15) is 14.7 Å². The minimum Gasteiger partial charge on any atom is -0.504 e. The number of esters is 2. The van der Waals surface area contributed by atoms with Crippen LogP contribution in [0.2, 0.25) is 0 Å². The summed E-state index contributed by atoms with van der Waals surface area (Å²) in [6.45, 7) is 1.96. The lowest BCUT2D eigenvalue weighted by Crippen LogP contribution is -2.29. The zero-order valence-electron chi connectivity index (χ0n) is 11.1. The van der Waals surface area contributed by atoms with E-state index in [2.05, 4.69) is 4.74 Å². The summed E-state index contributed by atoms with van der Waals surface area (Å²) < 4.78 is 9.63. The third kappa shape index (κ3) is 4.28. The number of rotatable bonds is 6. The molecule has 1 aromatic carbocycles. The average Bonchev–Trinajstić information content (AvgIpc) is 2.41. The molecular formula is C14H18O5. The predicted molar refractivity (Wildman–Crippen MR) is 68.8 cm³/mol. The summed E-state index contributed by atoms with van der Waals surface area (Å²) in [5.74, 6) is -2.38. The minimum atomic E-state index is -0.954. The fourth-order valence-corrected chi connectivity index (χ4v) is 1.61. The van der Waals surface area contributed by atoms with Crippen LogP contribution >= 0.6 is 0 Å². The lowest BCUT2D eigenvalue weighted by atomic mass is 10.0. The van der Waals surface area contributed by atoms with Gasteiger partial charge in [0.05, 0.1) is 7.11 Å². The Kier molecular flexibility index (Phi) is 5.85. The molecule has 1 unspecified atom stereocenters. The summed E-state index contributed by atoms with van der Waals surface area (Å²) in [5, 5.41) is 9.52. The first kappa shape index (κ1) is 15.0. The maximum Gasteiger partial charge on any atom is 0.325 e. The van der Waals surface area contributed by atoms with Gasteiger partial charge in [-0.25, -0.2) is 0 Å². The van der Waals surface area contributed by atoms with Gasteiger partial charge in [-0.05, 0) is 18.6 Å². The first-order valence-corrected chi connectivity index (χ1v) is 6.17. The van der Waals surface area contributed by atoms with E-state index < -0.39 is 17.9 Å². The van der Waals surface area contributed by atoms with Crippen molar-refractivity contribution in [3.8, 4) is 11.5 Å². The number of hydrogen-bond donors (Lipinski definition) is 1. The summed E-state index contributed by atoms with van der Waals surface area (Å²) in [6.07, 6.45) is 1.95. The van der Waals surface area contributed by atoms with Gasteiger partial charge in [-0.3, -0.25) is 9.59 Å². The van der Waals surface area contributed by atoms with Crippen LogP contribution in [0.5, 0.6) is 11.5 Å². The van der Waals surface area contributed by atoms with Crippen molar-refractivity contribution in [1.82, 2.24) is 0 Å². The highest BCUT2D eigenvalue weighted by Crippen LogP contribution is 2.26. The van der Waals surface area contributed by atoms with E-state index in [0.717, 1.165) is 12.8 Å². The molecule has 0 aliphatic rings. The van der Waals surface area contributed by atoms with Crippen LogP contribution in [0.25, 0.3) is 0 Å². The van der Waals surface area contributed by atoms with Crippen LogP contribution in [0.3, 0.4) is 0 Å². The molecule has 1 rings (SSSR count). The molecule has 19 heavy (non-hydrogen) atoms. The standard InChI is InChI=1S/C14H18O5/c1-3-4-7-10(13(16)18-2)14(17)19-12-9-6-5-8-11(12)15/h5-6,8-10,15H,3-4,7H2,1-2H3. The Morgan fingerprint density at radius 2 is 1.95 bits per heavy atom. The highest BCUT2D eigenvalue weighted by Gasteiger charge is 2.29. The molecule has 5 nitrogen and oxygen atoms in total. The SMILES string of the molecule is CCCCC(C(=O)OC)C(=O)Oc1ccccc1O. The Hall–Kier alpha value is -2.04. The quantitative estimate of drug-likeness (QED) is 0.486. The van der Waals surface area contributed by atoms with Crippen LogP contribution in [0, 0.1) is 5.92 Å². The van der Waals surface area contributed by atoms with Crippen LogP contribution in [-0.2, 0) is 14.3 Å². The summed E-state index contributed by atoms with van der Waals surface area (Å²) in [4.78, 5) is 23.5. The second-order valence-corrected chi connectivity index (χ2v) is 4.11. The van der Waals surface area contributed by atoms with Gasteiger partial charge < -0.3 is 14.6 Å². The lowest BCUT2D eigenvalue weighted by molar-refractivity contribution is -0.155. The third-order valence-corrected chi connectivity index (χ3v) is 2.69. The van der Waals surface area contributed by atoms with Gasteiger partial charge >= 0.3 is 11.9 Å². The number of unbranched alkanes of at least 4 members (excludes halogenated alkanes) is 1. The number of aromatic hydroxyl groups is 1. The molecule has 1 atom stereocenters. The first-order chi connectivity index (χ1) is 9.10. The van der Waals surface area contributed by atoms with E-state index in [1.807, 2.05) is 6.92 Å². The number of hydrogen-bond acceptors (Lipinski definition) is 5. The average molecular weight is 266 g/mol. The minimum absolute atomic E-state index is 0.0397. The van der Waals surface area contributed by atoms with Crippen molar-refractivity contribution in [2.45, 2.75) is 26.2 Å². The molecule has 104 valence electrons. The molecule has 0 heterocycles. The molecule has 0 saturated carbocycles. The number of methoxy groups -OCH3 is 1. The first-order valence-electron chi connectivity index (χ1n) is 6.17. The van der Waals surface area contributed by atoms with E-state index in [1.54, 1.807) is 12.1 Å². The van der Waals surface area contributed by atoms with Gasteiger partial charge in [-0.15, -0.1) is 0 Å². The maximum absolute atomic E-state index is 11.9. The topological polar surface area (TPSA) is 72.8 Å². The summed E-state index contributed by atoms with van der Waals surface area (Å²) in [6, 6.07) is 6.10. The smallest absolute Gasteiger partial charge is 0.325 e. The van der Waals surface area contributed by atoms with Crippen molar-refractivity contribution >= 4 is 11.9 Å². The second-order valence-electron chi connectivity index (χ2n) is 4.11. The second kappa shape index (κ2) is 7.41. The molecule has 0 aromatic heterocycles. The Bertz CT molecular complexity index is 441. The third-order valence-electron chi connectivity index (χ3n) is 2.69. The molecule has 0 aliphatic carbocycles. The Morgan fingerprint density at radius 3 is 2.53 bits per heavy atom. The highest BCUT2D eigenvalue weighted by molar-refractivity contribution is 5.95. The zero-order valence-corrected chi connectivity index (χ0v) is 11.1. The van der Waals surface area contributed by atoms with E-state index in [4.69, 9.17) is 4.74 Å². The normalized spacial score (nSPS) is 11.7. The summed E-state index contributed by atoms with van der Waals surface area (Å²) in [5.41, 5.74) is 0. The van der Waals surface area contributed by atoms with Crippen LogP contribution in [0.1, 0.15) is 26.2 Å². The molecule has 0 aliphatic heterocycles. The largest absolute Gasteiger partial charge is 0.504 e. The fourth-order valence-electron chi connectivity index (χ4n) is 1.61. The van der Waals surface area contributed by atoms with Gasteiger partial charge in [-0.1, -0.05) is 31.9 Å². The van der Waals surface area contributed by atoms with Crippen molar-refractivity contribution in [3.05, 3.63) is 24.3 Å². The number of para-hydroxylation sites is 2. The van der Waals surface area contributed by atoms with Crippen molar-refractivity contribution in [3.63, 3.8) is 0 Å². The van der Waals surface area contributed by atoms with Crippen molar-refractivity contribution in [1.29, 1.82) is 0 Å². The van der Waals surface area contributed by atoms with Crippen LogP contribution in [-0.4, -0.2) is 24.2 Å². The highest BCUT2D eigenvalue weighted by atomic mass is 16.6. The van der Waals surface area contributed by atoms with Gasteiger partial charge in [0.1, 0.15) is 0 Å². The molecule has 0 spiro atoms. The summed E-state index contributed by atoms with van der Waals surface area (Å²) in [7, 11) is 1.23. The fraction of sp³-hybridized carbons (Fsp3) is 0.429. The van der Waals surface area contributed by atoms with Crippen LogP contribution < -0.4 is 4.74 Å². The van der Waals surface area contributed by atoms with Crippen molar-refractivity contribution in [2.75, 3.05) is 7.11 Å². The van der Waals surface area contributed by atoms with E-state index in [0.29, 0.717) is 6.42 Å². The van der Waals surface area contributed by atoms with Crippen molar-refractivity contribution in [2.24, 2.45) is 5.92 Å². The van der Waals surface area contributed by atoms with Gasteiger partial charge in [0.15, 0.2) is 17.4 Å². The monoisotopic (exact) mass is 266 g/mol. The molecule has 0 bridgehead atoms. The molecule has 0 amide bonds. The Labute approximate surface area is 112 Å². The molecular weight excluding hydrogens is 248 g/mol. The lowest BCUT2D eigenvalue weighted by Gasteiger charge is -2.13. The molecule has 0 radical (unpaired) electrons. The molecule has 5 heteroatoms. The van der Waals surface area contributed by atoms with E-state index in [1.165, 1.54) is 19.2 Å². The summed E-state index contributed by atoms with van der Waals surface area (Å²) >= 11 is 0. The van der Waals surface area contributed by atoms with Crippen LogP contribution in [0.4, 0.5) is 0 Å². The Morgan fingerprint density at radius 1 is 1.26 bits per heavy atom. The van der Waals surface area contributed by atoms with E-state index >= 15 is 0 Å². The number of phenolic OH excluding ortho intramolecular Hbond substituents is 1. The number of carbonyl (C=O) groups is 2. The molecule has 1 aromatic rings. The van der Waals surface area contributed by atoms with Gasteiger partial charge in [0.2, 0.25) is 0 Å². The number of benzene rings is 1. The number of carbonyl (C=O) groups excluding carboxylic acids is 2.